The van der Waals surface area contributed by atoms with Gasteiger partial charge in [-0.1, -0.05) is 0 Å². The molecule has 0 spiro atoms. The molecule has 3 rings (SSSR count). The van der Waals surface area contributed by atoms with Gasteiger partial charge < -0.3 is 4.74 Å². The number of hydrogen-bond acceptors (Lipinski definition) is 3. The minimum atomic E-state index is -0.810. The number of benzene rings is 2. The largest absolute Gasteiger partial charge is 0.442 e. The molecule has 1 aliphatic rings. The minimum Gasteiger partial charge on any atom is -0.442 e. The third kappa shape index (κ3) is 2.52. The predicted octanol–water partition coefficient (Wildman–Crippen LogP) is 3.71. The number of rotatable bonds is 2. The second-order valence-electron chi connectivity index (χ2n) is 4.48. The summed E-state index contributed by atoms with van der Waals surface area (Å²) in [6, 6.07) is 6.39. The van der Waals surface area contributed by atoms with Gasteiger partial charge in [0.05, 0.1) is 11.9 Å². The molecular formula is C15H9F3N2O2. The summed E-state index contributed by atoms with van der Waals surface area (Å²) in [5.74, 6) is -2.23. The average molecular weight is 306 g/mol. The molecule has 4 nitrogen and oxygen atoms in total. The Morgan fingerprint density at radius 2 is 1.82 bits per heavy atom. The Hall–Kier alpha value is -2.83. The van der Waals surface area contributed by atoms with Crippen molar-refractivity contribution in [1.29, 1.82) is 0 Å². The van der Waals surface area contributed by atoms with Crippen molar-refractivity contribution in [2.75, 3.05) is 11.6 Å². The number of nitrogens with zero attached hydrogens (tertiary/aromatic N) is 2. The van der Waals surface area contributed by atoms with Gasteiger partial charge in [-0.25, -0.2) is 18.0 Å². The molecule has 0 saturated heterocycles. The molecule has 0 aromatic heterocycles. The summed E-state index contributed by atoms with van der Waals surface area (Å²) >= 11 is 0. The van der Waals surface area contributed by atoms with Crippen LogP contribution < -0.4 is 5.01 Å². The first-order valence-electron chi connectivity index (χ1n) is 6.30. The minimum absolute atomic E-state index is 0.0460. The monoisotopic (exact) mass is 306 g/mol. The van der Waals surface area contributed by atoms with Crippen molar-refractivity contribution in [1.82, 2.24) is 0 Å². The van der Waals surface area contributed by atoms with Crippen molar-refractivity contribution in [2.45, 2.75) is 0 Å². The number of carbonyl (C=O) groups is 1. The number of cyclic esters (lactones) is 1. The lowest BCUT2D eigenvalue weighted by Gasteiger charge is -2.20. The Bertz CT molecular complexity index is 777. The number of carbonyl (C=O) groups excluding carboxylic acids is 1. The normalized spacial score (nSPS) is 14.1. The number of halogens is 3. The Morgan fingerprint density at radius 3 is 2.55 bits per heavy atom. The fraction of sp³-hybridized carbons (Fsp3) is 0.0667. The van der Waals surface area contributed by atoms with Crippen molar-refractivity contribution >= 4 is 18.0 Å². The lowest BCUT2D eigenvalue weighted by atomic mass is 10.0. The third-order valence-corrected chi connectivity index (χ3v) is 3.07. The van der Waals surface area contributed by atoms with E-state index in [2.05, 4.69) is 5.10 Å². The predicted molar refractivity (Wildman–Crippen MR) is 74.1 cm³/mol. The highest BCUT2D eigenvalue weighted by molar-refractivity contribution is 5.91. The van der Waals surface area contributed by atoms with Crippen LogP contribution in [0.4, 0.5) is 23.7 Å². The topological polar surface area (TPSA) is 41.9 Å². The van der Waals surface area contributed by atoms with Crippen LogP contribution in [0.1, 0.15) is 0 Å². The lowest BCUT2D eigenvalue weighted by molar-refractivity contribution is 0.167. The van der Waals surface area contributed by atoms with Gasteiger partial charge in [-0.15, -0.1) is 0 Å². The van der Waals surface area contributed by atoms with Gasteiger partial charge in [0, 0.05) is 17.2 Å². The fourth-order valence-electron chi connectivity index (χ4n) is 2.06. The molecule has 0 fully saturated rings. The Labute approximate surface area is 123 Å². The van der Waals surface area contributed by atoms with E-state index < -0.39 is 23.5 Å². The highest BCUT2D eigenvalue weighted by Crippen LogP contribution is 2.30. The fourth-order valence-corrected chi connectivity index (χ4v) is 2.06. The van der Waals surface area contributed by atoms with Crippen molar-refractivity contribution in [2.24, 2.45) is 5.10 Å². The number of amides is 1. The van der Waals surface area contributed by atoms with Crippen LogP contribution in [-0.4, -0.2) is 18.9 Å². The van der Waals surface area contributed by atoms with Gasteiger partial charge in [-0.3, -0.25) is 0 Å². The van der Waals surface area contributed by atoms with Crippen LogP contribution >= 0.6 is 0 Å². The molecule has 22 heavy (non-hydrogen) atoms. The van der Waals surface area contributed by atoms with Crippen molar-refractivity contribution in [3.8, 4) is 11.1 Å². The van der Waals surface area contributed by atoms with E-state index in [0.29, 0.717) is 0 Å². The van der Waals surface area contributed by atoms with E-state index in [0.717, 1.165) is 29.3 Å². The highest BCUT2D eigenvalue weighted by Gasteiger charge is 2.21. The first kappa shape index (κ1) is 14.1. The molecule has 112 valence electrons. The Kier molecular flexibility index (Phi) is 3.54. The highest BCUT2D eigenvalue weighted by atomic mass is 19.1. The molecule has 0 bridgehead atoms. The standard InChI is InChI=1S/C15H9F3N2O2/c16-9-1-4-13(17)12(7-9)11-3-2-10(8-14(11)18)20-15(21)22-6-5-19-20/h1-5,7-8H,6H2. The molecule has 0 atom stereocenters. The van der Waals surface area contributed by atoms with Crippen molar-refractivity contribution in [3.05, 3.63) is 53.8 Å². The molecule has 1 heterocycles. The molecule has 1 aliphatic heterocycles. The molecule has 0 aliphatic carbocycles. The van der Waals surface area contributed by atoms with Crippen LogP contribution in [0, 0.1) is 17.5 Å². The molecule has 2 aromatic rings. The SMILES string of the molecule is O=C1OCC=NN1c1ccc(-c2cc(F)ccc2F)c(F)c1. The summed E-state index contributed by atoms with van der Waals surface area (Å²) in [6.07, 6.45) is 0.603. The van der Waals surface area contributed by atoms with Crippen molar-refractivity contribution < 1.29 is 22.7 Å². The summed E-state index contributed by atoms with van der Waals surface area (Å²) in [7, 11) is 0. The van der Waals surface area contributed by atoms with Gasteiger partial charge in [0.15, 0.2) is 0 Å². The molecule has 7 heteroatoms. The number of anilines is 1. The molecule has 2 aromatic carbocycles. The van der Waals surface area contributed by atoms with E-state index in [-0.39, 0.29) is 23.4 Å². The van der Waals surface area contributed by atoms with E-state index in [1.165, 1.54) is 18.3 Å². The summed E-state index contributed by atoms with van der Waals surface area (Å²) in [6.45, 7) is 0.0460. The van der Waals surface area contributed by atoms with Gasteiger partial charge >= 0.3 is 6.09 Å². The van der Waals surface area contributed by atoms with Crippen LogP contribution in [0.3, 0.4) is 0 Å². The quantitative estimate of drug-likeness (QED) is 0.848. The second kappa shape index (κ2) is 5.51. The maximum atomic E-state index is 14.2. The second-order valence-corrected chi connectivity index (χ2v) is 4.48. The van der Waals surface area contributed by atoms with Crippen molar-refractivity contribution in [3.63, 3.8) is 0 Å². The molecule has 0 unspecified atom stereocenters. The molecule has 0 radical (unpaired) electrons. The zero-order chi connectivity index (χ0) is 15.7. The third-order valence-electron chi connectivity index (χ3n) is 3.07. The summed E-state index contributed by atoms with van der Waals surface area (Å²) < 4.78 is 45.9. The van der Waals surface area contributed by atoms with E-state index in [9.17, 15) is 18.0 Å². The van der Waals surface area contributed by atoms with Gasteiger partial charge in [0.2, 0.25) is 0 Å². The van der Waals surface area contributed by atoms with Crippen LogP contribution in [0.25, 0.3) is 11.1 Å². The Balaban J connectivity index is 2.02. The van der Waals surface area contributed by atoms with Crippen LogP contribution in [0.15, 0.2) is 41.5 Å². The molecule has 0 saturated carbocycles. The summed E-state index contributed by atoms with van der Waals surface area (Å²) in [5, 5.41) is 4.66. The van der Waals surface area contributed by atoms with Crippen LogP contribution in [-0.2, 0) is 4.74 Å². The van der Waals surface area contributed by atoms with Gasteiger partial charge in [-0.2, -0.15) is 10.1 Å². The van der Waals surface area contributed by atoms with E-state index in [1.54, 1.807) is 0 Å². The smallest absolute Gasteiger partial charge is 0.435 e. The Morgan fingerprint density at radius 1 is 1.00 bits per heavy atom. The maximum Gasteiger partial charge on any atom is 0.435 e. The molecular weight excluding hydrogens is 297 g/mol. The van der Waals surface area contributed by atoms with E-state index in [4.69, 9.17) is 4.74 Å². The van der Waals surface area contributed by atoms with Crippen LogP contribution in [0.5, 0.6) is 0 Å². The summed E-state index contributed by atoms with van der Waals surface area (Å²) in [5.41, 5.74) is -0.192. The average Bonchev–Trinajstić information content (AvgIpc) is 2.50. The lowest BCUT2D eigenvalue weighted by Crippen LogP contribution is -2.31. The number of hydrogen-bond donors (Lipinski definition) is 0. The number of ether oxygens (including phenoxy) is 1. The van der Waals surface area contributed by atoms with Gasteiger partial charge in [0.25, 0.3) is 0 Å². The zero-order valence-corrected chi connectivity index (χ0v) is 11.1. The van der Waals surface area contributed by atoms with Crippen LogP contribution in [0.2, 0.25) is 0 Å². The number of hydrazone groups is 1. The van der Waals surface area contributed by atoms with Gasteiger partial charge in [0.1, 0.15) is 24.1 Å². The maximum absolute atomic E-state index is 14.2. The zero-order valence-electron chi connectivity index (χ0n) is 11.1. The van der Waals surface area contributed by atoms with Gasteiger partial charge in [-0.05, 0) is 30.3 Å². The molecule has 1 amide bonds. The van der Waals surface area contributed by atoms with E-state index >= 15 is 0 Å². The molecule has 0 N–H and O–H groups in total. The van der Waals surface area contributed by atoms with E-state index in [1.807, 2.05) is 0 Å². The first-order valence-corrected chi connectivity index (χ1v) is 6.30. The summed E-state index contributed by atoms with van der Waals surface area (Å²) in [4.78, 5) is 11.5. The first-order chi connectivity index (χ1) is 10.6.